The smallest absolute Gasteiger partial charge is 0.253 e. The van der Waals surface area contributed by atoms with Crippen molar-refractivity contribution < 1.29 is 9.59 Å². The summed E-state index contributed by atoms with van der Waals surface area (Å²) in [5.74, 6) is 0.509. The molecule has 0 unspecified atom stereocenters. The quantitative estimate of drug-likeness (QED) is 0.820. The molecule has 1 saturated heterocycles. The maximum Gasteiger partial charge on any atom is 0.253 e. The molecule has 0 aromatic heterocycles. The fourth-order valence-corrected chi connectivity index (χ4v) is 3.03. The van der Waals surface area contributed by atoms with Crippen LogP contribution in [0.3, 0.4) is 0 Å². The van der Waals surface area contributed by atoms with E-state index in [2.05, 4.69) is 29.4 Å². The Kier molecular flexibility index (Phi) is 7.06. The zero-order valence-corrected chi connectivity index (χ0v) is 16.7. The second-order valence-electron chi connectivity index (χ2n) is 7.95. The van der Waals surface area contributed by atoms with Gasteiger partial charge in [0.1, 0.15) is 0 Å². The van der Waals surface area contributed by atoms with E-state index in [-0.39, 0.29) is 29.8 Å². The van der Waals surface area contributed by atoms with E-state index >= 15 is 0 Å². The molecular weight excluding hydrogens is 326 g/mol. The van der Waals surface area contributed by atoms with E-state index in [0.29, 0.717) is 5.92 Å². The molecule has 144 valence electrons. The SMILES string of the molecule is CC(C)C(=O)NC1CCN(c2ccccc2C(=O)N[C@@H](C)C(C)C)CC1. The minimum Gasteiger partial charge on any atom is -0.371 e. The molecule has 5 heteroatoms. The number of rotatable bonds is 6. The lowest BCUT2D eigenvalue weighted by atomic mass is 10.0. The van der Waals surface area contributed by atoms with Crippen LogP contribution in [0, 0.1) is 11.8 Å². The summed E-state index contributed by atoms with van der Waals surface area (Å²) in [6.45, 7) is 11.8. The monoisotopic (exact) mass is 359 g/mol. The van der Waals surface area contributed by atoms with Crippen LogP contribution in [0.25, 0.3) is 0 Å². The van der Waals surface area contributed by atoms with Crippen molar-refractivity contribution >= 4 is 17.5 Å². The standard InChI is InChI=1S/C21H33N3O2/c1-14(2)16(5)22-21(26)18-8-6-7-9-19(18)24-12-10-17(11-13-24)23-20(25)15(3)4/h6-9,14-17H,10-13H2,1-5H3,(H,22,26)(H,23,25)/t16-/m0/s1. The summed E-state index contributed by atoms with van der Waals surface area (Å²) in [5, 5.41) is 6.22. The van der Waals surface area contributed by atoms with Gasteiger partial charge in [-0.2, -0.15) is 0 Å². The van der Waals surface area contributed by atoms with E-state index in [9.17, 15) is 9.59 Å². The molecule has 1 aliphatic heterocycles. The first-order chi connectivity index (χ1) is 12.3. The van der Waals surface area contributed by atoms with Crippen molar-refractivity contribution in [2.75, 3.05) is 18.0 Å². The van der Waals surface area contributed by atoms with Gasteiger partial charge in [0.15, 0.2) is 0 Å². The Labute approximate surface area is 157 Å². The van der Waals surface area contributed by atoms with Crippen molar-refractivity contribution in [3.05, 3.63) is 29.8 Å². The summed E-state index contributed by atoms with van der Waals surface area (Å²) in [6.07, 6.45) is 1.80. The van der Waals surface area contributed by atoms with Crippen LogP contribution < -0.4 is 15.5 Å². The predicted octanol–water partition coefficient (Wildman–Crippen LogP) is 3.20. The van der Waals surface area contributed by atoms with Crippen molar-refractivity contribution in [2.24, 2.45) is 11.8 Å². The van der Waals surface area contributed by atoms with Crippen LogP contribution in [0.4, 0.5) is 5.69 Å². The Morgan fingerprint density at radius 3 is 2.23 bits per heavy atom. The number of piperidine rings is 1. The second kappa shape index (κ2) is 9.06. The molecule has 0 radical (unpaired) electrons. The van der Waals surface area contributed by atoms with E-state index < -0.39 is 0 Å². The zero-order chi connectivity index (χ0) is 19.3. The van der Waals surface area contributed by atoms with Crippen LogP contribution in [0.2, 0.25) is 0 Å². The predicted molar refractivity (Wildman–Crippen MR) is 106 cm³/mol. The Hall–Kier alpha value is -2.04. The zero-order valence-electron chi connectivity index (χ0n) is 16.7. The number of amides is 2. The molecule has 1 heterocycles. The summed E-state index contributed by atoms with van der Waals surface area (Å²) in [7, 11) is 0. The van der Waals surface area contributed by atoms with Crippen LogP contribution in [-0.2, 0) is 4.79 Å². The number of hydrogen-bond acceptors (Lipinski definition) is 3. The molecule has 1 aromatic carbocycles. The average molecular weight is 360 g/mol. The number of anilines is 1. The molecule has 26 heavy (non-hydrogen) atoms. The largest absolute Gasteiger partial charge is 0.371 e. The molecule has 0 aliphatic carbocycles. The van der Waals surface area contributed by atoms with Gasteiger partial charge in [0.05, 0.1) is 5.56 Å². The lowest BCUT2D eigenvalue weighted by molar-refractivity contribution is -0.124. The molecule has 0 spiro atoms. The van der Waals surface area contributed by atoms with Crippen LogP contribution in [0.1, 0.15) is 57.8 Å². The molecule has 1 aromatic rings. The fraction of sp³-hybridized carbons (Fsp3) is 0.619. The van der Waals surface area contributed by atoms with Gasteiger partial charge in [-0.25, -0.2) is 0 Å². The molecule has 1 fully saturated rings. The molecule has 1 atom stereocenters. The van der Waals surface area contributed by atoms with Gasteiger partial charge in [-0.15, -0.1) is 0 Å². The molecule has 0 saturated carbocycles. The van der Waals surface area contributed by atoms with Gasteiger partial charge in [0.25, 0.3) is 5.91 Å². The van der Waals surface area contributed by atoms with Gasteiger partial charge in [0.2, 0.25) is 5.91 Å². The molecule has 2 rings (SSSR count). The van der Waals surface area contributed by atoms with Crippen LogP contribution >= 0.6 is 0 Å². The van der Waals surface area contributed by atoms with Gasteiger partial charge in [-0.1, -0.05) is 39.8 Å². The molecule has 2 amide bonds. The highest BCUT2D eigenvalue weighted by Gasteiger charge is 2.24. The van der Waals surface area contributed by atoms with Crippen molar-refractivity contribution in [3.63, 3.8) is 0 Å². The lowest BCUT2D eigenvalue weighted by Crippen LogP contribution is -2.46. The van der Waals surface area contributed by atoms with Crippen LogP contribution in [-0.4, -0.2) is 37.0 Å². The number of nitrogens with zero attached hydrogens (tertiary/aromatic N) is 1. The number of carbonyl (C=O) groups excluding carboxylic acids is 2. The van der Waals surface area contributed by atoms with Crippen molar-refractivity contribution in [1.82, 2.24) is 10.6 Å². The normalized spacial score (nSPS) is 16.7. The van der Waals surface area contributed by atoms with Gasteiger partial charge >= 0.3 is 0 Å². The number of nitrogens with one attached hydrogen (secondary N) is 2. The van der Waals surface area contributed by atoms with E-state index in [1.807, 2.05) is 45.0 Å². The minimum absolute atomic E-state index is 0.0143. The maximum absolute atomic E-state index is 12.7. The summed E-state index contributed by atoms with van der Waals surface area (Å²) in [4.78, 5) is 26.9. The Morgan fingerprint density at radius 1 is 1.04 bits per heavy atom. The first-order valence-electron chi connectivity index (χ1n) is 9.74. The molecule has 0 bridgehead atoms. The van der Waals surface area contributed by atoms with Gasteiger partial charge in [0, 0.05) is 36.8 Å². The summed E-state index contributed by atoms with van der Waals surface area (Å²) < 4.78 is 0. The number of benzene rings is 1. The third kappa shape index (κ3) is 5.23. The highest BCUT2D eigenvalue weighted by Crippen LogP contribution is 2.24. The van der Waals surface area contributed by atoms with Crippen molar-refractivity contribution in [2.45, 2.75) is 59.5 Å². The van der Waals surface area contributed by atoms with Gasteiger partial charge < -0.3 is 15.5 Å². The highest BCUT2D eigenvalue weighted by molar-refractivity contribution is 6.00. The third-order valence-corrected chi connectivity index (χ3v) is 5.21. The third-order valence-electron chi connectivity index (χ3n) is 5.21. The molecular formula is C21H33N3O2. The average Bonchev–Trinajstić information content (AvgIpc) is 2.62. The number of para-hydroxylation sites is 1. The topological polar surface area (TPSA) is 61.4 Å². The summed E-state index contributed by atoms with van der Waals surface area (Å²) in [6, 6.07) is 8.15. The molecule has 5 nitrogen and oxygen atoms in total. The molecule has 1 aliphatic rings. The first kappa shape index (κ1) is 20.3. The van der Waals surface area contributed by atoms with Gasteiger partial charge in [-0.3, -0.25) is 9.59 Å². The van der Waals surface area contributed by atoms with E-state index in [4.69, 9.17) is 0 Å². The number of hydrogen-bond donors (Lipinski definition) is 2. The second-order valence-corrected chi connectivity index (χ2v) is 7.95. The van der Waals surface area contributed by atoms with Gasteiger partial charge in [-0.05, 0) is 37.8 Å². The molecule has 2 N–H and O–H groups in total. The Balaban J connectivity index is 2.02. The highest BCUT2D eigenvalue weighted by atomic mass is 16.2. The minimum atomic E-state index is -0.0166. The fourth-order valence-electron chi connectivity index (χ4n) is 3.03. The van der Waals surface area contributed by atoms with Crippen molar-refractivity contribution in [3.8, 4) is 0 Å². The lowest BCUT2D eigenvalue weighted by Gasteiger charge is -2.35. The van der Waals surface area contributed by atoms with E-state index in [0.717, 1.165) is 37.2 Å². The van der Waals surface area contributed by atoms with E-state index in [1.54, 1.807) is 0 Å². The van der Waals surface area contributed by atoms with Crippen molar-refractivity contribution in [1.29, 1.82) is 0 Å². The Morgan fingerprint density at radius 2 is 1.65 bits per heavy atom. The van der Waals surface area contributed by atoms with Crippen LogP contribution in [0.15, 0.2) is 24.3 Å². The van der Waals surface area contributed by atoms with E-state index in [1.165, 1.54) is 0 Å². The number of carbonyl (C=O) groups is 2. The maximum atomic E-state index is 12.7. The summed E-state index contributed by atoms with van der Waals surface area (Å²) in [5.41, 5.74) is 1.71. The Bertz CT molecular complexity index is 619. The van der Waals surface area contributed by atoms with Crippen LogP contribution in [0.5, 0.6) is 0 Å². The first-order valence-corrected chi connectivity index (χ1v) is 9.74. The summed E-state index contributed by atoms with van der Waals surface area (Å²) >= 11 is 0.